The molecule has 6 heteroatoms. The number of rotatable bonds is 4. The molecule has 0 aliphatic rings. The Bertz CT molecular complexity index is 184. The van der Waals surface area contributed by atoms with E-state index in [1.807, 2.05) is 6.26 Å². The van der Waals surface area contributed by atoms with Gasteiger partial charge in [0.1, 0.15) is 0 Å². The Morgan fingerprint density at radius 3 is 2.75 bits per heavy atom. The molecule has 0 aromatic heterocycles. The molecule has 0 atom stereocenters. The Balaban J connectivity index is 3.86. The average Bonchev–Trinajstić information content (AvgIpc) is 2.04. The number of carbonyl (C=O) groups is 1. The van der Waals surface area contributed by atoms with Crippen LogP contribution in [0, 0.1) is 0 Å². The Morgan fingerprint density at radius 1 is 1.75 bits per heavy atom. The second-order valence-electron chi connectivity index (χ2n) is 2.27. The molecule has 3 N–H and O–H groups in total. The lowest BCUT2D eigenvalue weighted by molar-refractivity contribution is -0.126. The van der Waals surface area contributed by atoms with Crippen LogP contribution in [-0.2, 0) is 4.79 Å². The third kappa shape index (κ3) is 4.07. The first kappa shape index (κ1) is 11.1. The van der Waals surface area contributed by atoms with E-state index in [4.69, 9.17) is 10.9 Å². The molecule has 1 amide bonds. The normalized spacial score (nSPS) is 11.3. The molecular formula is C6H13N3O2S. The number of carbonyl (C=O) groups excluding carboxylic acids is 1. The molecule has 0 aromatic rings. The maximum absolute atomic E-state index is 11.1. The summed E-state index contributed by atoms with van der Waals surface area (Å²) in [7, 11) is 1.61. The van der Waals surface area contributed by atoms with Gasteiger partial charge >= 0.3 is 0 Å². The van der Waals surface area contributed by atoms with Crippen LogP contribution in [0.2, 0.25) is 0 Å². The summed E-state index contributed by atoms with van der Waals surface area (Å²) in [5.74, 6) is 0.413. The van der Waals surface area contributed by atoms with Crippen LogP contribution >= 0.6 is 11.8 Å². The topological polar surface area (TPSA) is 78.9 Å². The van der Waals surface area contributed by atoms with E-state index in [0.29, 0.717) is 5.75 Å². The van der Waals surface area contributed by atoms with Crippen molar-refractivity contribution in [2.45, 2.75) is 0 Å². The highest BCUT2D eigenvalue weighted by molar-refractivity contribution is 7.99. The Morgan fingerprint density at radius 2 is 2.33 bits per heavy atom. The molecule has 0 fully saturated rings. The molecule has 5 nitrogen and oxygen atoms in total. The monoisotopic (exact) mass is 191 g/mol. The van der Waals surface area contributed by atoms with E-state index in [2.05, 4.69) is 5.16 Å². The van der Waals surface area contributed by atoms with Gasteiger partial charge in [0.25, 0.3) is 0 Å². The van der Waals surface area contributed by atoms with Crippen LogP contribution in [0.5, 0.6) is 0 Å². The highest BCUT2D eigenvalue weighted by Crippen LogP contribution is 1.94. The second-order valence-corrected chi connectivity index (χ2v) is 3.14. The first-order valence-corrected chi connectivity index (χ1v) is 4.70. The van der Waals surface area contributed by atoms with Crippen molar-refractivity contribution in [2.24, 2.45) is 10.9 Å². The molecule has 0 unspecified atom stereocenters. The van der Waals surface area contributed by atoms with E-state index in [9.17, 15) is 4.79 Å². The summed E-state index contributed by atoms with van der Waals surface area (Å²) in [4.78, 5) is 12.5. The zero-order valence-corrected chi connectivity index (χ0v) is 7.97. The number of amidine groups is 1. The van der Waals surface area contributed by atoms with Crippen LogP contribution in [0.25, 0.3) is 0 Å². The largest absolute Gasteiger partial charge is 0.409 e. The van der Waals surface area contributed by atoms with Gasteiger partial charge in [-0.15, -0.1) is 0 Å². The molecule has 0 spiro atoms. The van der Waals surface area contributed by atoms with E-state index in [-0.39, 0.29) is 18.3 Å². The van der Waals surface area contributed by atoms with Gasteiger partial charge in [-0.3, -0.25) is 4.79 Å². The van der Waals surface area contributed by atoms with Crippen molar-refractivity contribution in [1.82, 2.24) is 4.90 Å². The van der Waals surface area contributed by atoms with Crippen LogP contribution in [0.15, 0.2) is 5.16 Å². The van der Waals surface area contributed by atoms with Gasteiger partial charge in [0.15, 0.2) is 5.84 Å². The number of amides is 1. The van der Waals surface area contributed by atoms with Crippen molar-refractivity contribution in [3.63, 3.8) is 0 Å². The zero-order chi connectivity index (χ0) is 9.56. The van der Waals surface area contributed by atoms with Gasteiger partial charge in [0.05, 0.1) is 12.3 Å². The number of oxime groups is 1. The predicted octanol–water partition coefficient (Wildman–Crippen LogP) is -0.446. The van der Waals surface area contributed by atoms with E-state index in [1.165, 1.54) is 16.7 Å². The standard InChI is InChI=1S/C6H13N3O2S/c1-9(3-5(7)8-11)6(10)4-12-2/h11H,3-4H2,1-2H3,(H2,7,8). The van der Waals surface area contributed by atoms with Crippen molar-refractivity contribution in [3.05, 3.63) is 0 Å². The number of likely N-dealkylation sites (N-methyl/N-ethyl adjacent to an activating group) is 1. The predicted molar refractivity (Wildman–Crippen MR) is 49.4 cm³/mol. The Hall–Kier alpha value is -0.910. The van der Waals surface area contributed by atoms with Gasteiger partial charge in [-0.05, 0) is 6.26 Å². The van der Waals surface area contributed by atoms with Gasteiger partial charge in [-0.25, -0.2) is 0 Å². The molecule has 70 valence electrons. The van der Waals surface area contributed by atoms with Gasteiger partial charge < -0.3 is 15.8 Å². The van der Waals surface area contributed by atoms with Crippen molar-refractivity contribution in [2.75, 3.05) is 25.6 Å². The maximum atomic E-state index is 11.1. The highest BCUT2D eigenvalue weighted by Gasteiger charge is 2.08. The number of thioether (sulfide) groups is 1. The molecular weight excluding hydrogens is 178 g/mol. The lowest BCUT2D eigenvalue weighted by atomic mass is 10.5. The summed E-state index contributed by atoms with van der Waals surface area (Å²) in [5.41, 5.74) is 5.21. The Kier molecular flexibility index (Phi) is 5.27. The van der Waals surface area contributed by atoms with Gasteiger partial charge in [-0.2, -0.15) is 11.8 Å². The number of nitrogens with zero attached hydrogens (tertiary/aromatic N) is 2. The van der Waals surface area contributed by atoms with E-state index >= 15 is 0 Å². The van der Waals surface area contributed by atoms with Gasteiger partial charge in [0, 0.05) is 7.05 Å². The molecule has 0 aliphatic carbocycles. The molecule has 12 heavy (non-hydrogen) atoms. The first-order chi connectivity index (χ1) is 5.61. The molecule has 0 rings (SSSR count). The fourth-order valence-corrected chi connectivity index (χ4v) is 1.06. The quantitative estimate of drug-likeness (QED) is 0.273. The summed E-state index contributed by atoms with van der Waals surface area (Å²) in [6, 6.07) is 0. The van der Waals surface area contributed by atoms with E-state index < -0.39 is 0 Å². The molecule has 0 bridgehead atoms. The maximum Gasteiger partial charge on any atom is 0.232 e. The molecule has 0 aliphatic heterocycles. The zero-order valence-electron chi connectivity index (χ0n) is 7.15. The van der Waals surface area contributed by atoms with Crippen molar-refractivity contribution in [3.8, 4) is 0 Å². The van der Waals surface area contributed by atoms with Gasteiger partial charge in [-0.1, -0.05) is 5.16 Å². The molecule has 0 saturated carbocycles. The van der Waals surface area contributed by atoms with Crippen LogP contribution in [0.1, 0.15) is 0 Å². The minimum absolute atomic E-state index is 0.0332. The Labute approximate surface area is 75.6 Å². The summed E-state index contributed by atoms with van der Waals surface area (Å²) < 4.78 is 0. The number of hydrogen-bond acceptors (Lipinski definition) is 4. The number of hydrogen-bond donors (Lipinski definition) is 2. The SMILES string of the molecule is CSCC(=O)N(C)CC(N)=NO. The van der Waals surface area contributed by atoms with E-state index in [0.717, 1.165) is 0 Å². The van der Waals surface area contributed by atoms with Crippen molar-refractivity contribution in [1.29, 1.82) is 0 Å². The van der Waals surface area contributed by atoms with Crippen LogP contribution in [-0.4, -0.2) is 47.5 Å². The second kappa shape index (κ2) is 5.70. The third-order valence-electron chi connectivity index (χ3n) is 1.22. The third-order valence-corrected chi connectivity index (χ3v) is 1.76. The minimum Gasteiger partial charge on any atom is -0.409 e. The fourth-order valence-electron chi connectivity index (χ4n) is 0.596. The molecule has 0 heterocycles. The summed E-state index contributed by atoms with van der Waals surface area (Å²) >= 11 is 1.44. The summed E-state index contributed by atoms with van der Waals surface area (Å²) in [5, 5.41) is 11.0. The summed E-state index contributed by atoms with van der Waals surface area (Å²) in [6.07, 6.45) is 1.84. The lowest BCUT2D eigenvalue weighted by Crippen LogP contribution is -2.36. The average molecular weight is 191 g/mol. The first-order valence-electron chi connectivity index (χ1n) is 3.31. The van der Waals surface area contributed by atoms with Crippen LogP contribution in [0.3, 0.4) is 0 Å². The molecule has 0 radical (unpaired) electrons. The minimum atomic E-state index is -0.0332. The fraction of sp³-hybridized carbons (Fsp3) is 0.667. The van der Waals surface area contributed by atoms with E-state index in [1.54, 1.807) is 7.05 Å². The van der Waals surface area contributed by atoms with Gasteiger partial charge in [0.2, 0.25) is 5.91 Å². The highest BCUT2D eigenvalue weighted by atomic mass is 32.2. The molecule has 0 saturated heterocycles. The number of nitrogens with two attached hydrogens (primary N) is 1. The summed E-state index contributed by atoms with van der Waals surface area (Å²) in [6.45, 7) is 0.163. The van der Waals surface area contributed by atoms with Crippen LogP contribution in [0.4, 0.5) is 0 Å². The van der Waals surface area contributed by atoms with Crippen molar-refractivity contribution >= 4 is 23.5 Å². The lowest BCUT2D eigenvalue weighted by Gasteiger charge is -2.14. The molecule has 0 aromatic carbocycles. The van der Waals surface area contributed by atoms with Crippen molar-refractivity contribution < 1.29 is 10.0 Å². The smallest absolute Gasteiger partial charge is 0.232 e. The van der Waals surface area contributed by atoms with Crippen LogP contribution < -0.4 is 5.73 Å².